The summed E-state index contributed by atoms with van der Waals surface area (Å²) in [7, 11) is -0.965. The number of sulfone groups is 1. The zero-order valence-electron chi connectivity index (χ0n) is 17.4. The number of rotatable bonds is 7. The molecule has 1 aliphatic heterocycles. The molecule has 0 spiro atoms. The maximum absolute atomic E-state index is 13.4. The Balaban J connectivity index is 1.80. The fourth-order valence-electron chi connectivity index (χ4n) is 3.63. The van der Waals surface area contributed by atoms with Crippen molar-refractivity contribution in [2.45, 2.75) is 29.2 Å². The van der Waals surface area contributed by atoms with Gasteiger partial charge in [0.1, 0.15) is 11.5 Å². The molecule has 0 bridgehead atoms. The molecule has 31 heavy (non-hydrogen) atoms. The van der Waals surface area contributed by atoms with E-state index >= 15 is 0 Å². The lowest BCUT2D eigenvalue weighted by molar-refractivity contribution is 0.000287. The monoisotopic (exact) mass is 450 g/mol. The molecule has 0 unspecified atom stereocenters. The Hall–Kier alpha value is -2.82. The highest BCUT2D eigenvalue weighted by Gasteiger charge is 2.50. The topological polar surface area (TPSA) is 114 Å². The number of carbonyl (C=O) groups excluding carboxylic acids is 1. The predicted molar refractivity (Wildman–Crippen MR) is 112 cm³/mol. The predicted octanol–water partition coefficient (Wildman–Crippen LogP) is 2.59. The van der Waals surface area contributed by atoms with E-state index in [1.165, 1.54) is 36.9 Å². The van der Waals surface area contributed by atoms with Gasteiger partial charge in [0.25, 0.3) is 0 Å². The number of benzene rings is 2. The van der Waals surface area contributed by atoms with Crippen LogP contribution >= 0.6 is 0 Å². The van der Waals surface area contributed by atoms with Crippen molar-refractivity contribution >= 4 is 15.9 Å². The number of methoxy groups -OCH3 is 2. The molecule has 0 saturated carbocycles. The number of amides is 1. The molecule has 1 aliphatic rings. The summed E-state index contributed by atoms with van der Waals surface area (Å²) < 4.78 is 42.4. The summed E-state index contributed by atoms with van der Waals surface area (Å²) in [5.74, 6) is 1.27. The zero-order chi connectivity index (χ0) is 22.5. The van der Waals surface area contributed by atoms with Gasteiger partial charge in [-0.3, -0.25) is 10.1 Å². The molecule has 10 heteroatoms. The summed E-state index contributed by atoms with van der Waals surface area (Å²) >= 11 is 0. The lowest BCUT2D eigenvalue weighted by atomic mass is 10.1. The third-order valence-electron chi connectivity index (χ3n) is 5.41. The first-order chi connectivity index (χ1) is 14.8. The molecule has 2 N–H and O–H groups in total. The second-order valence-electron chi connectivity index (χ2n) is 7.22. The molecule has 0 aromatic heterocycles. The van der Waals surface area contributed by atoms with Crippen molar-refractivity contribution in [3.63, 3.8) is 0 Å². The fourth-order valence-corrected chi connectivity index (χ4v) is 5.46. The molecule has 9 nitrogen and oxygen atoms in total. The van der Waals surface area contributed by atoms with Gasteiger partial charge in [0.15, 0.2) is 0 Å². The molecule has 0 aliphatic carbocycles. The van der Waals surface area contributed by atoms with Crippen LogP contribution in [0.3, 0.4) is 0 Å². The first-order valence-corrected chi connectivity index (χ1v) is 11.2. The maximum atomic E-state index is 13.4. The number of ether oxygens (including phenoxy) is 3. The lowest BCUT2D eigenvalue weighted by Gasteiger charge is -2.40. The zero-order valence-corrected chi connectivity index (χ0v) is 18.2. The Bertz CT molecular complexity index is 983. The molecule has 0 atom stereocenters. The van der Waals surface area contributed by atoms with Gasteiger partial charge in [-0.25, -0.2) is 18.7 Å². The van der Waals surface area contributed by atoms with Gasteiger partial charge in [0, 0.05) is 32.5 Å². The summed E-state index contributed by atoms with van der Waals surface area (Å²) in [6.45, 7) is 1.40. The molecule has 0 radical (unpaired) electrons. The van der Waals surface area contributed by atoms with Crippen molar-refractivity contribution in [1.29, 1.82) is 0 Å². The molecule has 3 rings (SSSR count). The molecular weight excluding hydrogens is 424 g/mol. The molecule has 2 aromatic carbocycles. The van der Waals surface area contributed by atoms with Crippen molar-refractivity contribution in [3.05, 3.63) is 54.1 Å². The Morgan fingerprint density at radius 3 is 2.00 bits per heavy atom. The normalized spacial score (nSPS) is 16.4. The smallest absolute Gasteiger partial charge is 0.432 e. The van der Waals surface area contributed by atoms with Crippen molar-refractivity contribution in [2.75, 3.05) is 27.3 Å². The number of nitrogens with one attached hydrogen (secondary N) is 1. The van der Waals surface area contributed by atoms with E-state index in [4.69, 9.17) is 19.4 Å². The molecular formula is C21H26N2O7S. The molecule has 1 saturated heterocycles. The van der Waals surface area contributed by atoms with Gasteiger partial charge in [-0.1, -0.05) is 12.1 Å². The van der Waals surface area contributed by atoms with Crippen molar-refractivity contribution in [1.82, 2.24) is 10.4 Å². The van der Waals surface area contributed by atoms with Crippen molar-refractivity contribution in [3.8, 4) is 11.5 Å². The van der Waals surface area contributed by atoms with Gasteiger partial charge in [0.2, 0.25) is 14.8 Å². The summed E-state index contributed by atoms with van der Waals surface area (Å²) in [6.07, 6.45) is -1.09. The van der Waals surface area contributed by atoms with E-state index in [0.29, 0.717) is 25.4 Å². The van der Waals surface area contributed by atoms with Crippen LogP contribution in [0, 0.1) is 0 Å². The van der Waals surface area contributed by atoms with Gasteiger partial charge < -0.3 is 14.2 Å². The van der Waals surface area contributed by atoms with Gasteiger partial charge in [0.05, 0.1) is 19.1 Å². The Morgan fingerprint density at radius 2 is 1.52 bits per heavy atom. The average Bonchev–Trinajstić information content (AvgIpc) is 2.80. The maximum Gasteiger partial charge on any atom is 0.432 e. The second kappa shape index (κ2) is 9.54. The number of carbonyl (C=O) groups is 1. The average molecular weight is 451 g/mol. The number of likely N-dealkylation sites (tertiary alicyclic amines) is 1. The third kappa shape index (κ3) is 4.92. The van der Waals surface area contributed by atoms with E-state index in [0.717, 1.165) is 11.3 Å². The highest BCUT2D eigenvalue weighted by Crippen LogP contribution is 2.37. The van der Waals surface area contributed by atoms with Crippen molar-refractivity contribution < 1.29 is 32.6 Å². The van der Waals surface area contributed by atoms with E-state index in [9.17, 15) is 13.2 Å². The van der Waals surface area contributed by atoms with Crippen LogP contribution in [0.25, 0.3) is 0 Å². The first-order valence-electron chi connectivity index (χ1n) is 9.70. The molecule has 1 heterocycles. The fraction of sp³-hybridized carbons (Fsp3) is 0.381. The van der Waals surface area contributed by atoms with E-state index in [2.05, 4.69) is 4.90 Å². The van der Waals surface area contributed by atoms with Crippen LogP contribution in [-0.2, 0) is 21.1 Å². The lowest BCUT2D eigenvalue weighted by Crippen LogP contribution is -2.52. The minimum Gasteiger partial charge on any atom is -0.497 e. The second-order valence-corrected chi connectivity index (χ2v) is 9.44. The summed E-state index contributed by atoms with van der Waals surface area (Å²) in [5, 5.41) is 8.92. The van der Waals surface area contributed by atoms with Crippen LogP contribution in [-0.4, -0.2) is 56.9 Å². The van der Waals surface area contributed by atoms with Crippen LogP contribution in [0.5, 0.6) is 11.5 Å². The Kier molecular flexibility index (Phi) is 7.04. The number of hydroxylamine groups is 1. The van der Waals surface area contributed by atoms with Gasteiger partial charge in [-0.15, -0.1) is 0 Å². The van der Waals surface area contributed by atoms with Gasteiger partial charge >= 0.3 is 6.09 Å². The van der Waals surface area contributed by atoms with Crippen LogP contribution < -0.4 is 15.0 Å². The number of nitrogens with zero attached hydrogens (tertiary/aromatic N) is 1. The van der Waals surface area contributed by atoms with E-state index in [1.54, 1.807) is 7.11 Å². The van der Waals surface area contributed by atoms with Crippen molar-refractivity contribution in [2.24, 2.45) is 0 Å². The SMILES string of the molecule is COc1ccc(CN2CCC(OC(=O)NO)(S(=O)(=O)c3ccc(OC)cc3)CC2)cc1. The number of piperidine rings is 1. The Morgan fingerprint density at radius 1 is 1.00 bits per heavy atom. The van der Waals surface area contributed by atoms with Crippen LogP contribution in [0.4, 0.5) is 4.79 Å². The summed E-state index contributed by atoms with van der Waals surface area (Å²) in [6, 6.07) is 13.5. The molecule has 2 aromatic rings. The molecule has 1 fully saturated rings. The highest BCUT2D eigenvalue weighted by atomic mass is 32.2. The standard InChI is InChI=1S/C21H26N2O7S/c1-28-17-5-3-16(4-6-17)15-23-13-11-21(12-14-23,30-20(24)22-25)31(26,27)19-9-7-18(29-2)8-10-19/h3-10,25H,11-15H2,1-2H3,(H,22,24). The minimum atomic E-state index is -4.05. The van der Waals surface area contributed by atoms with Gasteiger partial charge in [-0.05, 0) is 42.0 Å². The van der Waals surface area contributed by atoms with E-state index < -0.39 is 20.9 Å². The molecule has 168 valence electrons. The van der Waals surface area contributed by atoms with Crippen LogP contribution in [0.2, 0.25) is 0 Å². The summed E-state index contributed by atoms with van der Waals surface area (Å²) in [5.41, 5.74) is 2.43. The largest absolute Gasteiger partial charge is 0.497 e. The van der Waals surface area contributed by atoms with Crippen LogP contribution in [0.15, 0.2) is 53.4 Å². The summed E-state index contributed by atoms with van der Waals surface area (Å²) in [4.78, 5) is 12.1. The number of hydrogen-bond acceptors (Lipinski definition) is 8. The third-order valence-corrected chi connectivity index (χ3v) is 7.78. The Labute approximate surface area is 181 Å². The quantitative estimate of drug-likeness (QED) is 0.489. The van der Waals surface area contributed by atoms with E-state index in [-0.39, 0.29) is 17.7 Å². The van der Waals surface area contributed by atoms with E-state index in [1.807, 2.05) is 24.3 Å². The minimum absolute atomic E-state index is 0.0163. The van der Waals surface area contributed by atoms with Crippen LogP contribution in [0.1, 0.15) is 18.4 Å². The number of hydrogen-bond donors (Lipinski definition) is 2. The highest BCUT2D eigenvalue weighted by molar-refractivity contribution is 7.92. The molecule has 1 amide bonds. The van der Waals surface area contributed by atoms with Gasteiger partial charge in [-0.2, -0.15) is 0 Å². The first kappa shape index (κ1) is 22.9.